The number of benzene rings is 2. The second-order valence-corrected chi connectivity index (χ2v) is 11.2. The Kier molecular flexibility index (Phi) is 9.84. The fourth-order valence-corrected chi connectivity index (χ4v) is 6.38. The number of carbonyl (C=O) groups excluding carboxylic acids is 1. The molecule has 0 spiro atoms. The molecule has 2 saturated carbocycles. The number of rotatable bonds is 8. The highest BCUT2D eigenvalue weighted by molar-refractivity contribution is 5.91. The van der Waals surface area contributed by atoms with Crippen molar-refractivity contribution in [2.75, 3.05) is 0 Å². The molecule has 0 aromatic heterocycles. The smallest absolute Gasteiger partial charge is 0.409 e. The molecule has 212 valence electrons. The Labute approximate surface area is 227 Å². The normalized spacial score (nSPS) is 24.2. The predicted molar refractivity (Wildman–Crippen MR) is 143 cm³/mol. The van der Waals surface area contributed by atoms with Crippen LogP contribution in [0.2, 0.25) is 0 Å². The molecule has 0 heterocycles. The molecule has 4 rings (SSSR count). The molecule has 0 aliphatic heterocycles. The van der Waals surface area contributed by atoms with Crippen molar-refractivity contribution in [3.63, 3.8) is 0 Å². The van der Waals surface area contributed by atoms with Gasteiger partial charge in [-0.1, -0.05) is 51.2 Å². The average molecular weight is 549 g/mol. The number of carbonyl (C=O) groups is 1. The Morgan fingerprint density at radius 1 is 0.897 bits per heavy atom. The molecule has 7 heteroatoms. The predicted octanol–water partition coefficient (Wildman–Crippen LogP) is 10.0. The molecule has 0 radical (unpaired) electrons. The second-order valence-electron chi connectivity index (χ2n) is 11.2. The van der Waals surface area contributed by atoms with Gasteiger partial charge < -0.3 is 4.74 Å². The lowest BCUT2D eigenvalue weighted by atomic mass is 9.68. The van der Waals surface area contributed by atoms with Gasteiger partial charge >= 0.3 is 12.1 Å². The van der Waals surface area contributed by atoms with Gasteiger partial charge in [0.05, 0.1) is 5.56 Å². The lowest BCUT2D eigenvalue weighted by Gasteiger charge is -2.38. The summed E-state index contributed by atoms with van der Waals surface area (Å²) < 4.78 is 70.4. The van der Waals surface area contributed by atoms with E-state index >= 15 is 0 Å². The third-order valence-electron chi connectivity index (χ3n) is 8.62. The van der Waals surface area contributed by atoms with E-state index in [1.54, 1.807) is 12.1 Å². The summed E-state index contributed by atoms with van der Waals surface area (Å²) in [5, 5.41) is 0. The Balaban J connectivity index is 1.28. The van der Waals surface area contributed by atoms with Crippen LogP contribution >= 0.6 is 0 Å². The highest BCUT2D eigenvalue weighted by Crippen LogP contribution is 2.44. The van der Waals surface area contributed by atoms with Crippen LogP contribution in [-0.2, 0) is 0 Å². The van der Waals surface area contributed by atoms with E-state index in [0.717, 1.165) is 30.6 Å². The van der Waals surface area contributed by atoms with Crippen LogP contribution in [0.25, 0.3) is 6.08 Å². The number of unbranched alkanes of at least 4 members (excludes halogenated alkanes) is 1. The number of hydrogen-bond donors (Lipinski definition) is 0. The first-order valence-corrected chi connectivity index (χ1v) is 14.2. The lowest BCUT2D eigenvalue weighted by molar-refractivity contribution is -0.0790. The molecule has 2 aliphatic carbocycles. The zero-order valence-corrected chi connectivity index (χ0v) is 22.4. The molecule has 2 fully saturated rings. The van der Waals surface area contributed by atoms with Gasteiger partial charge in [0.15, 0.2) is 0 Å². The van der Waals surface area contributed by atoms with Gasteiger partial charge in [0.25, 0.3) is 0 Å². The summed E-state index contributed by atoms with van der Waals surface area (Å²) in [6, 6.07) is 8.51. The van der Waals surface area contributed by atoms with E-state index in [9.17, 15) is 26.7 Å². The fourth-order valence-electron chi connectivity index (χ4n) is 6.38. The van der Waals surface area contributed by atoms with Crippen molar-refractivity contribution < 1.29 is 31.5 Å². The lowest BCUT2D eigenvalue weighted by Crippen LogP contribution is -2.25. The van der Waals surface area contributed by atoms with Crippen molar-refractivity contribution in [1.29, 1.82) is 0 Å². The molecule has 0 N–H and O–H groups in total. The fraction of sp³-hybridized carbons (Fsp3) is 0.531. The summed E-state index contributed by atoms with van der Waals surface area (Å²) in [6.07, 6.45) is 9.66. The monoisotopic (exact) mass is 548 g/mol. The minimum Gasteiger partial charge on any atom is -0.423 e. The van der Waals surface area contributed by atoms with Gasteiger partial charge in [-0.3, -0.25) is 0 Å². The molecule has 2 aromatic carbocycles. The van der Waals surface area contributed by atoms with Crippen molar-refractivity contribution in [2.45, 2.75) is 89.6 Å². The minimum atomic E-state index is -4.71. The second kappa shape index (κ2) is 13.1. The van der Waals surface area contributed by atoms with E-state index in [2.05, 4.69) is 6.92 Å². The van der Waals surface area contributed by atoms with Gasteiger partial charge in [-0.15, -0.1) is 0 Å². The summed E-state index contributed by atoms with van der Waals surface area (Å²) in [5.74, 6) is -0.655. The van der Waals surface area contributed by atoms with Crippen LogP contribution in [0.4, 0.5) is 22.0 Å². The van der Waals surface area contributed by atoms with Gasteiger partial charge in [-0.05, 0) is 86.0 Å². The number of allylic oxidation sites excluding steroid dienone is 1. The molecule has 0 amide bonds. The minimum absolute atomic E-state index is 0.231. The first-order valence-electron chi connectivity index (χ1n) is 14.2. The van der Waals surface area contributed by atoms with Crippen LogP contribution in [0.15, 0.2) is 42.5 Å². The van der Waals surface area contributed by atoms with Crippen LogP contribution in [0.5, 0.6) is 5.75 Å². The zero-order chi connectivity index (χ0) is 28.0. The summed E-state index contributed by atoms with van der Waals surface area (Å²) >= 11 is 0. The van der Waals surface area contributed by atoms with Crippen molar-refractivity contribution in [2.24, 2.45) is 17.8 Å². The average Bonchev–Trinajstić information content (AvgIpc) is 2.91. The molecule has 0 unspecified atom stereocenters. The molecule has 39 heavy (non-hydrogen) atoms. The number of hydrogen-bond acceptors (Lipinski definition) is 2. The maximum atomic E-state index is 14.2. The van der Waals surface area contributed by atoms with E-state index < -0.39 is 35.1 Å². The topological polar surface area (TPSA) is 26.3 Å². The van der Waals surface area contributed by atoms with E-state index in [-0.39, 0.29) is 11.6 Å². The van der Waals surface area contributed by atoms with Gasteiger partial charge in [0, 0.05) is 23.8 Å². The Hall–Kier alpha value is -2.70. The van der Waals surface area contributed by atoms with Gasteiger partial charge in [-0.25, -0.2) is 13.6 Å². The molecule has 0 saturated heterocycles. The van der Waals surface area contributed by atoms with Gasteiger partial charge in [-0.2, -0.15) is 13.2 Å². The van der Waals surface area contributed by atoms with Crippen molar-refractivity contribution >= 4 is 12.0 Å². The molecule has 2 aromatic rings. The van der Waals surface area contributed by atoms with E-state index in [0.29, 0.717) is 24.1 Å². The molecule has 0 bridgehead atoms. The summed E-state index contributed by atoms with van der Waals surface area (Å²) in [4.78, 5) is 12.5. The van der Waals surface area contributed by atoms with E-state index in [1.807, 2.05) is 12.1 Å². The molecule has 2 nitrogen and oxygen atoms in total. The highest BCUT2D eigenvalue weighted by Gasteiger charge is 2.31. The summed E-state index contributed by atoms with van der Waals surface area (Å²) in [6.45, 7) is 2.27. The number of esters is 1. The number of alkyl halides is 3. The third-order valence-corrected chi connectivity index (χ3v) is 8.62. The van der Waals surface area contributed by atoms with Crippen LogP contribution in [0, 0.1) is 29.4 Å². The Morgan fingerprint density at radius 3 is 2.00 bits per heavy atom. The van der Waals surface area contributed by atoms with Crippen molar-refractivity contribution in [1.82, 2.24) is 0 Å². The molecular formula is C32H37F5O2. The number of halogens is 5. The van der Waals surface area contributed by atoms with Gasteiger partial charge in [0.2, 0.25) is 0 Å². The van der Waals surface area contributed by atoms with Crippen molar-refractivity contribution in [3.8, 4) is 5.75 Å². The first-order chi connectivity index (χ1) is 18.6. The quantitative estimate of drug-likeness (QED) is 0.186. The van der Waals surface area contributed by atoms with Crippen LogP contribution in [0.1, 0.15) is 105 Å². The van der Waals surface area contributed by atoms with E-state index in [4.69, 9.17) is 4.74 Å². The third kappa shape index (κ3) is 8.15. The Bertz CT molecular complexity index is 1100. The maximum Gasteiger partial charge on any atom is 0.409 e. The SMILES string of the molecule is CCCCC1CCC(C2CCC(c3ccc(C(=O)Oc4cc(F)c(/C=C/C(F)(F)F)c(F)c4)cc3)CC2)CC1. The summed E-state index contributed by atoms with van der Waals surface area (Å²) in [7, 11) is 0. The van der Waals surface area contributed by atoms with Crippen LogP contribution < -0.4 is 4.74 Å². The molecular weight excluding hydrogens is 511 g/mol. The maximum absolute atomic E-state index is 14.2. The highest BCUT2D eigenvalue weighted by atomic mass is 19.4. The summed E-state index contributed by atoms with van der Waals surface area (Å²) in [5.41, 5.74) is 0.547. The molecule has 0 atom stereocenters. The number of ether oxygens (including phenoxy) is 1. The standard InChI is InChI=1S/C32H37F5O2/c1-2-3-4-21-5-7-22(8-6-21)23-9-11-24(12-10-23)25-13-15-26(16-14-25)31(38)39-27-19-29(33)28(30(34)20-27)17-18-32(35,36)37/h13-24H,2-12H2,1H3/b18-17+. The van der Waals surface area contributed by atoms with Crippen molar-refractivity contribution in [3.05, 3.63) is 70.8 Å². The van der Waals surface area contributed by atoms with Crippen LogP contribution in [0.3, 0.4) is 0 Å². The molecule has 2 aliphatic rings. The first kappa shape index (κ1) is 29.3. The van der Waals surface area contributed by atoms with Gasteiger partial charge in [0.1, 0.15) is 17.4 Å². The Morgan fingerprint density at radius 2 is 1.46 bits per heavy atom. The van der Waals surface area contributed by atoms with Crippen LogP contribution in [-0.4, -0.2) is 12.1 Å². The zero-order valence-electron chi connectivity index (χ0n) is 22.4. The van der Waals surface area contributed by atoms with E-state index in [1.165, 1.54) is 63.4 Å². The largest absolute Gasteiger partial charge is 0.423 e.